The highest BCUT2D eigenvalue weighted by Crippen LogP contribution is 2.26. The molecule has 1 aromatic rings. The largest absolute Gasteiger partial charge is 0.497 e. The third-order valence-corrected chi connectivity index (χ3v) is 6.71. The lowest BCUT2D eigenvalue weighted by Gasteiger charge is -2.19. The summed E-state index contributed by atoms with van der Waals surface area (Å²) in [4.78, 5) is 12.2. The molecule has 0 aliphatic rings. The zero-order chi connectivity index (χ0) is 25.1. The molecule has 196 valence electrons. The molecule has 1 atom stereocenters. The second-order valence-electron chi connectivity index (χ2n) is 8.91. The summed E-state index contributed by atoms with van der Waals surface area (Å²) in [6.07, 6.45) is 15.1. The number of carbonyl (C=O) groups excluding carboxylic acids is 1. The predicted octanol–water partition coefficient (Wildman–Crippen LogP) is 6.83. The van der Waals surface area contributed by atoms with Gasteiger partial charge in [-0.1, -0.05) is 89.7 Å². The highest BCUT2D eigenvalue weighted by Gasteiger charge is 2.17. The zero-order valence-corrected chi connectivity index (χ0v) is 21.9. The molecule has 1 unspecified atom stereocenters. The van der Waals surface area contributed by atoms with Crippen LogP contribution in [0.5, 0.6) is 5.75 Å². The molecule has 0 radical (unpaired) electrons. The first kappa shape index (κ1) is 30.2. The molecule has 0 aromatic heterocycles. The van der Waals surface area contributed by atoms with Gasteiger partial charge in [-0.15, -0.1) is 0 Å². The van der Waals surface area contributed by atoms with Crippen LogP contribution in [0.15, 0.2) is 24.3 Å². The van der Waals surface area contributed by atoms with E-state index in [4.69, 9.17) is 14.0 Å². The number of benzene rings is 1. The lowest BCUT2D eigenvalue weighted by atomic mass is 10.0. The van der Waals surface area contributed by atoms with Crippen LogP contribution in [-0.4, -0.2) is 38.5 Å². The summed E-state index contributed by atoms with van der Waals surface area (Å²) < 4.78 is 41.2. The second-order valence-corrected chi connectivity index (χ2v) is 10.5. The molecule has 0 spiro atoms. The van der Waals surface area contributed by atoms with Crippen LogP contribution in [0, 0.1) is 0 Å². The fourth-order valence-corrected chi connectivity index (χ4v) is 4.41. The molecule has 1 aromatic carbocycles. The Bertz CT molecular complexity index is 751. The summed E-state index contributed by atoms with van der Waals surface area (Å²) in [5.41, 5.74) is 0.900. The number of nitrogens with one attached hydrogen (secondary N) is 1. The standard InChI is InChI=1S/C26H45NO6S/c1-3-4-5-6-7-8-9-10-11-12-13-14-16-25(23-17-19-24(32-2)20-18-23)33-26(28)27-21-15-22-34(29,30)31/h17-20,25H,3-16,21-22H2,1-2H3,(H,27,28)(H,29,30,31). The van der Waals surface area contributed by atoms with Gasteiger partial charge in [-0.25, -0.2) is 4.79 Å². The van der Waals surface area contributed by atoms with Crippen LogP contribution in [0.2, 0.25) is 0 Å². The maximum absolute atomic E-state index is 12.2. The summed E-state index contributed by atoms with van der Waals surface area (Å²) >= 11 is 0. The van der Waals surface area contributed by atoms with Gasteiger partial charge in [0.05, 0.1) is 12.9 Å². The van der Waals surface area contributed by atoms with Crippen molar-refractivity contribution in [3.8, 4) is 5.75 Å². The molecule has 7 nitrogen and oxygen atoms in total. The Kier molecular flexibility index (Phi) is 16.5. The van der Waals surface area contributed by atoms with Gasteiger partial charge in [0.25, 0.3) is 10.1 Å². The van der Waals surface area contributed by atoms with E-state index in [1.54, 1.807) is 7.11 Å². The van der Waals surface area contributed by atoms with E-state index in [0.717, 1.165) is 30.6 Å². The van der Waals surface area contributed by atoms with Crippen molar-refractivity contribution in [2.24, 2.45) is 0 Å². The lowest BCUT2D eigenvalue weighted by molar-refractivity contribution is 0.0908. The fraction of sp³-hybridized carbons (Fsp3) is 0.731. The second kappa shape index (κ2) is 18.5. The van der Waals surface area contributed by atoms with Gasteiger partial charge in [0.2, 0.25) is 0 Å². The van der Waals surface area contributed by atoms with Gasteiger partial charge in [-0.2, -0.15) is 8.42 Å². The van der Waals surface area contributed by atoms with Crippen LogP contribution in [0.1, 0.15) is 108 Å². The number of ether oxygens (including phenoxy) is 2. The van der Waals surface area contributed by atoms with Crippen molar-refractivity contribution in [3.63, 3.8) is 0 Å². The number of alkyl carbamates (subject to hydrolysis) is 1. The number of methoxy groups -OCH3 is 1. The Hall–Kier alpha value is -1.80. The Morgan fingerprint density at radius 2 is 1.41 bits per heavy atom. The molecule has 0 heterocycles. The van der Waals surface area contributed by atoms with Crippen LogP contribution in [0.3, 0.4) is 0 Å². The molecular formula is C26H45NO6S. The van der Waals surface area contributed by atoms with E-state index in [-0.39, 0.29) is 19.1 Å². The Labute approximate surface area is 206 Å². The Morgan fingerprint density at radius 3 is 1.91 bits per heavy atom. The van der Waals surface area contributed by atoms with Crippen molar-refractivity contribution >= 4 is 16.2 Å². The van der Waals surface area contributed by atoms with Crippen LogP contribution >= 0.6 is 0 Å². The molecule has 2 N–H and O–H groups in total. The van der Waals surface area contributed by atoms with E-state index >= 15 is 0 Å². The normalized spacial score (nSPS) is 12.3. The van der Waals surface area contributed by atoms with E-state index in [1.165, 1.54) is 64.2 Å². The number of unbranched alkanes of at least 4 members (excludes halogenated alkanes) is 11. The first-order chi connectivity index (χ1) is 16.4. The SMILES string of the molecule is CCCCCCCCCCCCCCC(OC(=O)NCCCS(=O)(=O)O)c1ccc(OC)cc1. The summed E-state index contributed by atoms with van der Waals surface area (Å²) in [7, 11) is -2.42. The van der Waals surface area contributed by atoms with Crippen LogP contribution < -0.4 is 10.1 Å². The number of carbonyl (C=O) groups is 1. The smallest absolute Gasteiger partial charge is 0.407 e. The minimum atomic E-state index is -4.03. The molecule has 0 saturated heterocycles. The summed E-state index contributed by atoms with van der Waals surface area (Å²) in [6, 6.07) is 7.49. The predicted molar refractivity (Wildman–Crippen MR) is 137 cm³/mol. The molecular weight excluding hydrogens is 454 g/mol. The minimum absolute atomic E-state index is 0.118. The van der Waals surface area contributed by atoms with E-state index < -0.39 is 22.0 Å². The van der Waals surface area contributed by atoms with Crippen LogP contribution in [-0.2, 0) is 14.9 Å². The van der Waals surface area contributed by atoms with Gasteiger partial charge < -0.3 is 14.8 Å². The van der Waals surface area contributed by atoms with Crippen molar-refractivity contribution in [1.82, 2.24) is 5.32 Å². The molecule has 0 aliphatic carbocycles. The van der Waals surface area contributed by atoms with Crippen LogP contribution in [0.4, 0.5) is 4.79 Å². The third-order valence-electron chi connectivity index (χ3n) is 5.91. The van der Waals surface area contributed by atoms with Crippen molar-refractivity contribution in [2.75, 3.05) is 19.4 Å². The van der Waals surface area contributed by atoms with E-state index in [1.807, 2.05) is 24.3 Å². The highest BCUT2D eigenvalue weighted by molar-refractivity contribution is 7.85. The Morgan fingerprint density at radius 1 is 0.882 bits per heavy atom. The summed E-state index contributed by atoms with van der Waals surface area (Å²) in [5, 5.41) is 2.56. The van der Waals surface area contributed by atoms with Crippen molar-refractivity contribution in [3.05, 3.63) is 29.8 Å². The molecule has 1 amide bonds. The van der Waals surface area contributed by atoms with E-state index in [0.29, 0.717) is 0 Å². The fourth-order valence-electron chi connectivity index (χ4n) is 3.90. The quantitative estimate of drug-likeness (QED) is 0.151. The number of amides is 1. The Balaban J connectivity index is 2.34. The first-order valence-corrected chi connectivity index (χ1v) is 14.5. The monoisotopic (exact) mass is 499 g/mol. The van der Waals surface area contributed by atoms with Gasteiger partial charge in [-0.3, -0.25) is 4.55 Å². The molecule has 0 saturated carbocycles. The van der Waals surface area contributed by atoms with Gasteiger partial charge in [0.15, 0.2) is 0 Å². The van der Waals surface area contributed by atoms with E-state index in [2.05, 4.69) is 12.2 Å². The van der Waals surface area contributed by atoms with Gasteiger partial charge in [0, 0.05) is 6.54 Å². The van der Waals surface area contributed by atoms with Crippen molar-refractivity contribution in [1.29, 1.82) is 0 Å². The molecule has 8 heteroatoms. The zero-order valence-electron chi connectivity index (χ0n) is 21.1. The molecule has 0 fully saturated rings. The maximum Gasteiger partial charge on any atom is 0.407 e. The summed E-state index contributed by atoms with van der Waals surface area (Å²) in [5.74, 6) is 0.344. The molecule has 0 bridgehead atoms. The molecule has 0 aliphatic heterocycles. The summed E-state index contributed by atoms with van der Waals surface area (Å²) in [6.45, 7) is 2.36. The number of rotatable bonds is 20. The molecule has 34 heavy (non-hydrogen) atoms. The van der Waals surface area contributed by atoms with Gasteiger partial charge in [0.1, 0.15) is 11.9 Å². The first-order valence-electron chi connectivity index (χ1n) is 12.9. The van der Waals surface area contributed by atoms with E-state index in [9.17, 15) is 13.2 Å². The van der Waals surface area contributed by atoms with Crippen molar-refractivity contribution in [2.45, 2.75) is 103 Å². The highest BCUT2D eigenvalue weighted by atomic mass is 32.2. The average Bonchev–Trinajstić information content (AvgIpc) is 2.81. The molecule has 1 rings (SSSR count). The topological polar surface area (TPSA) is 102 Å². The number of hydrogen-bond acceptors (Lipinski definition) is 5. The minimum Gasteiger partial charge on any atom is -0.497 e. The van der Waals surface area contributed by atoms with Gasteiger partial charge in [-0.05, 0) is 37.0 Å². The average molecular weight is 500 g/mol. The third kappa shape index (κ3) is 15.9. The van der Waals surface area contributed by atoms with Crippen molar-refractivity contribution < 1.29 is 27.2 Å². The van der Waals surface area contributed by atoms with Gasteiger partial charge >= 0.3 is 6.09 Å². The van der Waals surface area contributed by atoms with Crippen LogP contribution in [0.25, 0.3) is 0 Å². The maximum atomic E-state index is 12.2. The number of hydrogen-bond donors (Lipinski definition) is 2. The lowest BCUT2D eigenvalue weighted by Crippen LogP contribution is -2.28.